The second kappa shape index (κ2) is 6.19. The Bertz CT molecular complexity index is 762. The van der Waals surface area contributed by atoms with Crippen LogP contribution in [0.3, 0.4) is 0 Å². The van der Waals surface area contributed by atoms with Gasteiger partial charge in [-0.25, -0.2) is 9.97 Å². The van der Waals surface area contributed by atoms with Gasteiger partial charge in [-0.05, 0) is 6.26 Å². The van der Waals surface area contributed by atoms with E-state index in [1.807, 2.05) is 0 Å². The molecule has 126 valence electrons. The molecule has 0 unspecified atom stereocenters. The van der Waals surface area contributed by atoms with E-state index in [-0.39, 0.29) is 11.2 Å². The molecule has 1 saturated heterocycles. The summed E-state index contributed by atoms with van der Waals surface area (Å²) in [5.74, 6) is 0. The molecule has 23 heavy (non-hydrogen) atoms. The molecule has 10 nitrogen and oxygen atoms in total. The fraction of sp³-hybridized carbons (Fsp3) is 0.583. The molecule has 1 fully saturated rings. The molecule has 2 aromatic heterocycles. The monoisotopic (exact) mass is 344 g/mol. The molecule has 11 heteroatoms. The Hall–Kier alpha value is -1.50. The zero-order valence-electron chi connectivity index (χ0n) is 12.0. The van der Waals surface area contributed by atoms with Crippen molar-refractivity contribution in [1.82, 2.24) is 19.5 Å². The van der Waals surface area contributed by atoms with Gasteiger partial charge >= 0.3 is 0 Å². The van der Waals surface area contributed by atoms with Crippen LogP contribution >= 0.6 is 11.8 Å². The maximum atomic E-state index is 12.0. The molecule has 3 rings (SSSR count). The van der Waals surface area contributed by atoms with Crippen molar-refractivity contribution in [2.75, 3.05) is 12.9 Å². The van der Waals surface area contributed by atoms with Crippen LogP contribution in [0.4, 0.5) is 0 Å². The van der Waals surface area contributed by atoms with Crippen molar-refractivity contribution in [2.45, 2.75) is 35.8 Å². The number of ether oxygens (including phenoxy) is 1. The highest BCUT2D eigenvalue weighted by atomic mass is 32.2. The molecule has 3 heterocycles. The summed E-state index contributed by atoms with van der Waals surface area (Å²) in [6.45, 7) is -0.544. The summed E-state index contributed by atoms with van der Waals surface area (Å²) in [4.78, 5) is 22.7. The lowest BCUT2D eigenvalue weighted by Gasteiger charge is -2.40. The zero-order chi connectivity index (χ0) is 16.7. The Balaban J connectivity index is 2.08. The largest absolute Gasteiger partial charge is 0.394 e. The SMILES string of the molecule is CSc1nc2c(ncn2[C@@H]2O[C@@H](CO)[C@@H](O)[C@@H](O)[C@H]2O)c(=O)[nH]1. The molecule has 5 N–H and O–H groups in total. The molecule has 0 radical (unpaired) electrons. The van der Waals surface area contributed by atoms with E-state index in [1.54, 1.807) is 6.26 Å². The number of aliphatic hydroxyl groups excluding tert-OH is 4. The summed E-state index contributed by atoms with van der Waals surface area (Å²) in [6.07, 6.45) is -3.69. The van der Waals surface area contributed by atoms with Gasteiger partial charge < -0.3 is 25.2 Å². The standard InChI is InChI=1S/C12H16N4O6S/c1-23-12-14-9-5(10(21)15-12)13-3-16(9)11-8(20)7(19)6(18)4(2-17)22-11/h3-4,6-8,11,17-20H,2H2,1H3,(H,14,15,21)/t4-,6+,7+,8+,11+/m0/s1. The number of fused-ring (bicyclic) bond motifs is 1. The molecule has 1 aliphatic rings. The summed E-state index contributed by atoms with van der Waals surface area (Å²) in [5, 5.41) is 39.5. The Morgan fingerprint density at radius 1 is 1.35 bits per heavy atom. The lowest BCUT2D eigenvalue weighted by molar-refractivity contribution is -0.250. The molecular weight excluding hydrogens is 328 g/mol. The number of thioether (sulfide) groups is 1. The quantitative estimate of drug-likeness (QED) is 0.309. The van der Waals surface area contributed by atoms with Crippen molar-refractivity contribution in [3.63, 3.8) is 0 Å². The minimum atomic E-state index is -1.52. The fourth-order valence-corrected chi connectivity index (χ4v) is 2.87. The van der Waals surface area contributed by atoms with Crippen LogP contribution in [0.2, 0.25) is 0 Å². The van der Waals surface area contributed by atoms with E-state index in [4.69, 9.17) is 4.74 Å². The van der Waals surface area contributed by atoms with Crippen LogP contribution in [-0.2, 0) is 4.74 Å². The maximum absolute atomic E-state index is 12.0. The van der Waals surface area contributed by atoms with Gasteiger partial charge in [0.15, 0.2) is 22.5 Å². The third-order valence-electron chi connectivity index (χ3n) is 3.75. The Labute approximate surface area is 133 Å². The molecule has 1 aliphatic heterocycles. The lowest BCUT2D eigenvalue weighted by atomic mass is 9.98. The minimum Gasteiger partial charge on any atom is -0.394 e. The Morgan fingerprint density at radius 3 is 2.74 bits per heavy atom. The molecule has 0 aliphatic carbocycles. The van der Waals surface area contributed by atoms with Gasteiger partial charge in [-0.3, -0.25) is 14.3 Å². The van der Waals surface area contributed by atoms with E-state index in [0.29, 0.717) is 5.16 Å². The van der Waals surface area contributed by atoms with Crippen molar-refractivity contribution in [2.24, 2.45) is 0 Å². The van der Waals surface area contributed by atoms with Crippen LogP contribution in [0.5, 0.6) is 0 Å². The topological polar surface area (TPSA) is 154 Å². The molecule has 5 atom stereocenters. The number of aromatic amines is 1. The van der Waals surface area contributed by atoms with Crippen LogP contribution in [0.15, 0.2) is 16.3 Å². The summed E-state index contributed by atoms with van der Waals surface area (Å²) >= 11 is 1.22. The predicted molar refractivity (Wildman–Crippen MR) is 78.9 cm³/mol. The highest BCUT2D eigenvalue weighted by molar-refractivity contribution is 7.98. The molecule has 2 aromatic rings. The van der Waals surface area contributed by atoms with E-state index in [1.165, 1.54) is 22.7 Å². The van der Waals surface area contributed by atoms with Gasteiger partial charge in [0.05, 0.1) is 12.9 Å². The van der Waals surface area contributed by atoms with Crippen LogP contribution in [0, 0.1) is 0 Å². The van der Waals surface area contributed by atoms with E-state index in [0.717, 1.165) is 0 Å². The van der Waals surface area contributed by atoms with E-state index in [9.17, 15) is 25.2 Å². The van der Waals surface area contributed by atoms with Crippen molar-refractivity contribution in [3.8, 4) is 0 Å². The first-order chi connectivity index (χ1) is 11.0. The number of hydrogen-bond acceptors (Lipinski definition) is 9. The van der Waals surface area contributed by atoms with Crippen LogP contribution in [-0.4, -0.2) is 77.2 Å². The second-order valence-electron chi connectivity index (χ2n) is 5.12. The Kier molecular flexibility index (Phi) is 4.40. The number of imidazole rings is 1. The predicted octanol–water partition coefficient (Wildman–Crippen LogP) is -2.19. The first-order valence-corrected chi connectivity index (χ1v) is 8.01. The Morgan fingerprint density at radius 2 is 2.09 bits per heavy atom. The number of aliphatic hydroxyl groups is 4. The average molecular weight is 344 g/mol. The van der Waals surface area contributed by atoms with Gasteiger partial charge in [0.25, 0.3) is 5.56 Å². The van der Waals surface area contributed by atoms with Gasteiger partial charge in [-0.1, -0.05) is 11.8 Å². The lowest BCUT2D eigenvalue weighted by Crippen LogP contribution is -2.56. The molecule has 0 amide bonds. The summed E-state index contributed by atoms with van der Waals surface area (Å²) in [5.41, 5.74) is -0.218. The van der Waals surface area contributed by atoms with Gasteiger partial charge in [-0.15, -0.1) is 0 Å². The zero-order valence-corrected chi connectivity index (χ0v) is 12.8. The molecular formula is C12H16N4O6S. The number of hydrogen-bond donors (Lipinski definition) is 5. The normalized spacial score (nSPS) is 31.6. The summed E-state index contributed by atoms with van der Waals surface area (Å²) < 4.78 is 6.75. The number of H-pyrrole nitrogens is 1. The van der Waals surface area contributed by atoms with Crippen LogP contribution in [0.1, 0.15) is 6.23 Å². The third kappa shape index (κ3) is 2.65. The van der Waals surface area contributed by atoms with E-state index < -0.39 is 42.8 Å². The summed E-state index contributed by atoms with van der Waals surface area (Å²) in [7, 11) is 0. The number of nitrogens with one attached hydrogen (secondary N) is 1. The van der Waals surface area contributed by atoms with E-state index in [2.05, 4.69) is 15.0 Å². The van der Waals surface area contributed by atoms with Gasteiger partial charge in [-0.2, -0.15) is 0 Å². The van der Waals surface area contributed by atoms with Gasteiger partial charge in [0, 0.05) is 0 Å². The average Bonchev–Trinajstić information content (AvgIpc) is 2.97. The number of aromatic nitrogens is 4. The molecule has 0 spiro atoms. The first kappa shape index (κ1) is 16.4. The van der Waals surface area contributed by atoms with Crippen molar-refractivity contribution in [1.29, 1.82) is 0 Å². The molecule has 0 saturated carbocycles. The van der Waals surface area contributed by atoms with Crippen molar-refractivity contribution in [3.05, 3.63) is 16.7 Å². The summed E-state index contributed by atoms with van der Waals surface area (Å²) in [6, 6.07) is 0. The van der Waals surface area contributed by atoms with Crippen LogP contribution in [0.25, 0.3) is 11.2 Å². The van der Waals surface area contributed by atoms with Gasteiger partial charge in [0.1, 0.15) is 24.4 Å². The third-order valence-corrected chi connectivity index (χ3v) is 4.33. The number of nitrogens with zero attached hydrogens (tertiary/aromatic N) is 3. The molecule has 0 aromatic carbocycles. The fourth-order valence-electron chi connectivity index (χ4n) is 2.50. The maximum Gasteiger partial charge on any atom is 0.279 e. The highest BCUT2D eigenvalue weighted by Crippen LogP contribution is 2.30. The smallest absolute Gasteiger partial charge is 0.279 e. The van der Waals surface area contributed by atoms with Crippen molar-refractivity contribution < 1.29 is 25.2 Å². The van der Waals surface area contributed by atoms with Gasteiger partial charge in [0.2, 0.25) is 0 Å². The van der Waals surface area contributed by atoms with Crippen molar-refractivity contribution >= 4 is 22.9 Å². The first-order valence-electron chi connectivity index (χ1n) is 6.79. The van der Waals surface area contributed by atoms with Crippen LogP contribution < -0.4 is 5.56 Å². The highest BCUT2D eigenvalue weighted by Gasteiger charge is 2.44. The van der Waals surface area contributed by atoms with E-state index >= 15 is 0 Å². The number of rotatable bonds is 3. The minimum absolute atomic E-state index is 0.0553. The molecule has 0 bridgehead atoms. The second-order valence-corrected chi connectivity index (χ2v) is 5.91.